The number of benzene rings is 3. The normalized spacial score (nSPS) is 13.2. The Labute approximate surface area is 191 Å². The lowest BCUT2D eigenvalue weighted by Crippen LogP contribution is -2.46. The van der Waals surface area contributed by atoms with Gasteiger partial charge in [-0.1, -0.05) is 75.4 Å². The Morgan fingerprint density at radius 3 is 2.00 bits per heavy atom. The molecule has 0 radical (unpaired) electrons. The standard InChI is InChI=1S/C28H33NO3/c1-6-32-26(30)28(23-10-8-7-9-11-23,29-24-16-18-25(31-5)19-17-24)20-21-12-14-22(15-13-21)27(2,3)4/h7-19,29H,6,20H2,1-5H3. The second-order valence-electron chi connectivity index (χ2n) is 8.97. The molecule has 0 aliphatic heterocycles. The maximum absolute atomic E-state index is 13.5. The molecule has 0 spiro atoms. The van der Waals surface area contributed by atoms with Crippen LogP contribution in [0, 0.1) is 0 Å². The number of carbonyl (C=O) groups excluding carboxylic acids is 1. The van der Waals surface area contributed by atoms with Crippen molar-refractivity contribution >= 4 is 11.7 Å². The fourth-order valence-electron chi connectivity index (χ4n) is 3.79. The first-order chi connectivity index (χ1) is 15.3. The van der Waals surface area contributed by atoms with Crippen LogP contribution < -0.4 is 10.1 Å². The molecular formula is C28H33NO3. The number of esters is 1. The van der Waals surface area contributed by atoms with Crippen LogP contribution in [0.5, 0.6) is 5.75 Å². The maximum Gasteiger partial charge on any atom is 0.336 e. The smallest absolute Gasteiger partial charge is 0.336 e. The van der Waals surface area contributed by atoms with Gasteiger partial charge >= 0.3 is 5.97 Å². The van der Waals surface area contributed by atoms with E-state index in [1.54, 1.807) is 7.11 Å². The summed E-state index contributed by atoms with van der Waals surface area (Å²) in [5.41, 5.74) is 2.97. The summed E-state index contributed by atoms with van der Waals surface area (Å²) in [5.74, 6) is 0.455. The van der Waals surface area contributed by atoms with Crippen molar-refractivity contribution in [3.63, 3.8) is 0 Å². The molecule has 1 atom stereocenters. The lowest BCUT2D eigenvalue weighted by molar-refractivity contribution is -0.149. The number of carbonyl (C=O) groups is 1. The average molecular weight is 432 g/mol. The molecule has 0 aromatic heterocycles. The Hall–Kier alpha value is -3.27. The number of anilines is 1. The minimum atomic E-state index is -1.07. The molecular weight excluding hydrogens is 398 g/mol. The highest BCUT2D eigenvalue weighted by molar-refractivity contribution is 5.87. The van der Waals surface area contributed by atoms with Gasteiger partial charge in [-0.05, 0) is 53.3 Å². The van der Waals surface area contributed by atoms with Gasteiger partial charge in [-0.2, -0.15) is 0 Å². The molecule has 0 saturated carbocycles. The molecule has 0 saturated heterocycles. The highest BCUT2D eigenvalue weighted by Crippen LogP contribution is 2.33. The third kappa shape index (κ3) is 5.31. The highest BCUT2D eigenvalue weighted by Gasteiger charge is 2.42. The molecule has 4 heteroatoms. The average Bonchev–Trinajstić information content (AvgIpc) is 2.79. The number of nitrogens with one attached hydrogen (secondary N) is 1. The van der Waals surface area contributed by atoms with Crippen molar-refractivity contribution in [1.29, 1.82) is 0 Å². The molecule has 0 aliphatic rings. The molecule has 0 heterocycles. The summed E-state index contributed by atoms with van der Waals surface area (Å²) in [5, 5.41) is 3.51. The van der Waals surface area contributed by atoms with E-state index in [-0.39, 0.29) is 11.4 Å². The molecule has 0 aliphatic carbocycles. The van der Waals surface area contributed by atoms with Crippen LogP contribution in [0.15, 0.2) is 78.9 Å². The summed E-state index contributed by atoms with van der Waals surface area (Å²) >= 11 is 0. The molecule has 0 amide bonds. The van der Waals surface area contributed by atoms with Gasteiger partial charge in [0.1, 0.15) is 5.75 Å². The highest BCUT2D eigenvalue weighted by atomic mass is 16.5. The number of hydrogen-bond acceptors (Lipinski definition) is 4. The van der Waals surface area contributed by atoms with Gasteiger partial charge in [0.05, 0.1) is 13.7 Å². The first-order valence-corrected chi connectivity index (χ1v) is 11.0. The van der Waals surface area contributed by atoms with Crippen molar-refractivity contribution in [3.8, 4) is 5.75 Å². The van der Waals surface area contributed by atoms with Crippen LogP contribution in [-0.2, 0) is 26.9 Å². The van der Waals surface area contributed by atoms with Crippen LogP contribution in [0.3, 0.4) is 0 Å². The van der Waals surface area contributed by atoms with Crippen molar-refractivity contribution < 1.29 is 14.3 Å². The van der Waals surface area contributed by atoms with E-state index >= 15 is 0 Å². The quantitative estimate of drug-likeness (QED) is 0.437. The molecule has 1 unspecified atom stereocenters. The molecule has 3 aromatic carbocycles. The fourth-order valence-corrected chi connectivity index (χ4v) is 3.79. The van der Waals surface area contributed by atoms with E-state index in [2.05, 4.69) is 50.4 Å². The Morgan fingerprint density at radius 2 is 1.47 bits per heavy atom. The lowest BCUT2D eigenvalue weighted by Gasteiger charge is -2.34. The SMILES string of the molecule is CCOC(=O)C(Cc1ccc(C(C)(C)C)cc1)(Nc1ccc(OC)cc1)c1ccccc1. The van der Waals surface area contributed by atoms with E-state index in [1.807, 2.05) is 61.5 Å². The van der Waals surface area contributed by atoms with Gasteiger partial charge in [0.25, 0.3) is 0 Å². The predicted octanol–water partition coefficient (Wildman–Crippen LogP) is 6.11. The number of rotatable bonds is 8. The number of ether oxygens (including phenoxy) is 2. The summed E-state index contributed by atoms with van der Waals surface area (Å²) < 4.78 is 10.9. The van der Waals surface area contributed by atoms with E-state index in [1.165, 1.54) is 5.56 Å². The summed E-state index contributed by atoms with van der Waals surface area (Å²) in [6.45, 7) is 8.72. The largest absolute Gasteiger partial charge is 0.497 e. The van der Waals surface area contributed by atoms with Crippen LogP contribution in [0.1, 0.15) is 44.4 Å². The summed E-state index contributed by atoms with van der Waals surface area (Å²) in [6.07, 6.45) is 0.451. The predicted molar refractivity (Wildman–Crippen MR) is 130 cm³/mol. The third-order valence-corrected chi connectivity index (χ3v) is 5.63. The van der Waals surface area contributed by atoms with Crippen molar-refractivity contribution in [1.82, 2.24) is 0 Å². The fraction of sp³-hybridized carbons (Fsp3) is 0.321. The molecule has 1 N–H and O–H groups in total. The Morgan fingerprint density at radius 1 is 0.844 bits per heavy atom. The zero-order chi connectivity index (χ0) is 23.2. The molecule has 32 heavy (non-hydrogen) atoms. The van der Waals surface area contributed by atoms with Crippen molar-refractivity contribution in [2.24, 2.45) is 0 Å². The maximum atomic E-state index is 13.5. The molecule has 3 aromatic rings. The van der Waals surface area contributed by atoms with E-state index < -0.39 is 5.54 Å². The Kier molecular flexibility index (Phi) is 7.24. The lowest BCUT2D eigenvalue weighted by atomic mass is 9.81. The van der Waals surface area contributed by atoms with Gasteiger partial charge in [-0.25, -0.2) is 4.79 Å². The monoisotopic (exact) mass is 431 g/mol. The van der Waals surface area contributed by atoms with Gasteiger partial charge in [-0.15, -0.1) is 0 Å². The molecule has 0 bridgehead atoms. The summed E-state index contributed by atoms with van der Waals surface area (Å²) in [4.78, 5) is 13.5. The van der Waals surface area contributed by atoms with Crippen LogP contribution in [0.2, 0.25) is 0 Å². The van der Waals surface area contributed by atoms with Gasteiger partial charge in [0.2, 0.25) is 0 Å². The second kappa shape index (κ2) is 9.90. The molecule has 4 nitrogen and oxygen atoms in total. The van der Waals surface area contributed by atoms with E-state index in [9.17, 15) is 4.79 Å². The zero-order valence-corrected chi connectivity index (χ0v) is 19.6. The van der Waals surface area contributed by atoms with Crippen LogP contribution >= 0.6 is 0 Å². The minimum absolute atomic E-state index is 0.0670. The molecule has 168 valence electrons. The van der Waals surface area contributed by atoms with Crippen molar-refractivity contribution in [2.75, 3.05) is 19.0 Å². The van der Waals surface area contributed by atoms with E-state index in [4.69, 9.17) is 9.47 Å². The van der Waals surface area contributed by atoms with Crippen LogP contribution in [-0.4, -0.2) is 19.7 Å². The van der Waals surface area contributed by atoms with Crippen molar-refractivity contribution in [3.05, 3.63) is 95.6 Å². The third-order valence-electron chi connectivity index (χ3n) is 5.63. The van der Waals surface area contributed by atoms with Crippen LogP contribution in [0.25, 0.3) is 0 Å². The van der Waals surface area contributed by atoms with Gasteiger partial charge in [0.15, 0.2) is 5.54 Å². The van der Waals surface area contributed by atoms with Gasteiger partial charge in [-0.3, -0.25) is 0 Å². The van der Waals surface area contributed by atoms with Crippen molar-refractivity contribution in [2.45, 2.75) is 45.1 Å². The molecule has 3 rings (SSSR count). The summed E-state index contributed by atoms with van der Waals surface area (Å²) in [7, 11) is 1.64. The van der Waals surface area contributed by atoms with E-state index in [0.717, 1.165) is 22.6 Å². The van der Waals surface area contributed by atoms with Gasteiger partial charge in [0, 0.05) is 12.1 Å². The molecule has 0 fully saturated rings. The summed E-state index contributed by atoms with van der Waals surface area (Å²) in [6, 6.07) is 25.9. The minimum Gasteiger partial charge on any atom is -0.497 e. The first-order valence-electron chi connectivity index (χ1n) is 11.0. The van der Waals surface area contributed by atoms with Crippen LogP contribution in [0.4, 0.5) is 5.69 Å². The number of hydrogen-bond donors (Lipinski definition) is 1. The second-order valence-corrected chi connectivity index (χ2v) is 8.97. The first kappa shape index (κ1) is 23.4. The van der Waals surface area contributed by atoms with E-state index in [0.29, 0.717) is 13.0 Å². The Bertz CT molecular complexity index is 1010. The Balaban J connectivity index is 2.07. The zero-order valence-electron chi connectivity index (χ0n) is 19.6. The number of methoxy groups -OCH3 is 1. The van der Waals surface area contributed by atoms with Gasteiger partial charge < -0.3 is 14.8 Å². The topological polar surface area (TPSA) is 47.6 Å².